The van der Waals surface area contributed by atoms with Crippen molar-refractivity contribution in [3.63, 3.8) is 0 Å². The highest BCUT2D eigenvalue weighted by molar-refractivity contribution is 9.10. The van der Waals surface area contributed by atoms with Crippen molar-refractivity contribution in [2.24, 2.45) is 7.05 Å². The van der Waals surface area contributed by atoms with Crippen LogP contribution in [-0.2, 0) is 18.3 Å². The van der Waals surface area contributed by atoms with Gasteiger partial charge in [-0.05, 0) is 42.7 Å². The van der Waals surface area contributed by atoms with Crippen molar-refractivity contribution in [1.82, 2.24) is 14.7 Å². The van der Waals surface area contributed by atoms with Crippen LogP contribution in [0.3, 0.4) is 0 Å². The van der Waals surface area contributed by atoms with Crippen LogP contribution in [0.4, 0.5) is 0 Å². The fourth-order valence-electron chi connectivity index (χ4n) is 2.31. The molecular weight excluding hydrogens is 282 g/mol. The van der Waals surface area contributed by atoms with E-state index in [4.69, 9.17) is 4.74 Å². The summed E-state index contributed by atoms with van der Waals surface area (Å²) in [5.74, 6) is 0. The molecule has 0 bridgehead atoms. The second-order valence-corrected chi connectivity index (χ2v) is 5.59. The SMILES string of the molecule is Cc1nn(C)c(CN(C)CC2CCCO2)c1Br. The fraction of sp³-hybridized carbons (Fsp3) is 0.750. The molecule has 2 heterocycles. The van der Waals surface area contributed by atoms with E-state index in [1.807, 2.05) is 18.7 Å². The zero-order valence-electron chi connectivity index (χ0n) is 10.7. The predicted molar refractivity (Wildman–Crippen MR) is 71.0 cm³/mol. The van der Waals surface area contributed by atoms with E-state index < -0.39 is 0 Å². The molecule has 0 radical (unpaired) electrons. The van der Waals surface area contributed by atoms with E-state index in [0.717, 1.165) is 29.9 Å². The number of halogens is 1. The van der Waals surface area contributed by atoms with E-state index in [-0.39, 0.29) is 0 Å². The molecule has 1 fully saturated rings. The van der Waals surface area contributed by atoms with Crippen molar-refractivity contribution < 1.29 is 4.74 Å². The Morgan fingerprint density at radius 3 is 2.88 bits per heavy atom. The molecule has 1 aromatic rings. The van der Waals surface area contributed by atoms with Crippen LogP contribution in [0, 0.1) is 6.92 Å². The van der Waals surface area contributed by atoms with Gasteiger partial charge in [-0.25, -0.2) is 0 Å². The smallest absolute Gasteiger partial charge is 0.0739 e. The lowest BCUT2D eigenvalue weighted by Gasteiger charge is -2.20. The Balaban J connectivity index is 1.95. The molecule has 4 nitrogen and oxygen atoms in total. The summed E-state index contributed by atoms with van der Waals surface area (Å²) in [6.07, 6.45) is 2.80. The third-order valence-electron chi connectivity index (χ3n) is 3.22. The lowest BCUT2D eigenvalue weighted by Crippen LogP contribution is -2.29. The van der Waals surface area contributed by atoms with Crippen LogP contribution in [0.1, 0.15) is 24.2 Å². The molecule has 1 aromatic heterocycles. The number of aryl methyl sites for hydroxylation is 2. The quantitative estimate of drug-likeness (QED) is 0.853. The van der Waals surface area contributed by atoms with Gasteiger partial charge >= 0.3 is 0 Å². The van der Waals surface area contributed by atoms with Gasteiger partial charge in [0.1, 0.15) is 0 Å². The Labute approximate surface area is 111 Å². The average Bonchev–Trinajstić information content (AvgIpc) is 2.83. The van der Waals surface area contributed by atoms with Gasteiger partial charge in [0, 0.05) is 26.7 Å². The van der Waals surface area contributed by atoms with E-state index in [9.17, 15) is 0 Å². The molecule has 0 saturated carbocycles. The van der Waals surface area contributed by atoms with Gasteiger partial charge in [0.15, 0.2) is 0 Å². The molecule has 0 spiro atoms. The van der Waals surface area contributed by atoms with Crippen molar-refractivity contribution in [2.45, 2.75) is 32.4 Å². The van der Waals surface area contributed by atoms with Gasteiger partial charge < -0.3 is 4.74 Å². The molecular formula is C12H20BrN3O. The molecule has 0 N–H and O–H groups in total. The molecule has 0 aromatic carbocycles. The molecule has 1 atom stereocenters. The molecule has 1 saturated heterocycles. The van der Waals surface area contributed by atoms with Crippen LogP contribution in [0.15, 0.2) is 4.47 Å². The van der Waals surface area contributed by atoms with E-state index in [2.05, 4.69) is 33.0 Å². The lowest BCUT2D eigenvalue weighted by molar-refractivity contribution is 0.0786. The highest BCUT2D eigenvalue weighted by Crippen LogP contribution is 2.22. The minimum atomic E-state index is 0.410. The van der Waals surface area contributed by atoms with Crippen molar-refractivity contribution in [1.29, 1.82) is 0 Å². The standard InChI is InChI=1S/C12H20BrN3O/c1-9-12(13)11(16(3)14-9)8-15(2)7-10-5-4-6-17-10/h10H,4-8H2,1-3H3. The normalized spacial score (nSPS) is 20.4. The van der Waals surface area contributed by atoms with Crippen molar-refractivity contribution in [3.8, 4) is 0 Å². The average molecular weight is 302 g/mol. The molecule has 1 unspecified atom stereocenters. The second-order valence-electron chi connectivity index (χ2n) is 4.80. The predicted octanol–water partition coefficient (Wildman–Crippen LogP) is 2.10. The van der Waals surface area contributed by atoms with Crippen LogP contribution in [0.5, 0.6) is 0 Å². The van der Waals surface area contributed by atoms with E-state index in [1.165, 1.54) is 18.5 Å². The summed E-state index contributed by atoms with van der Waals surface area (Å²) in [6.45, 7) is 4.84. The highest BCUT2D eigenvalue weighted by atomic mass is 79.9. The van der Waals surface area contributed by atoms with Crippen LogP contribution in [0.25, 0.3) is 0 Å². The van der Waals surface area contributed by atoms with Gasteiger partial charge in [-0.2, -0.15) is 5.10 Å². The van der Waals surface area contributed by atoms with Gasteiger partial charge in [0.05, 0.1) is 22.0 Å². The Morgan fingerprint density at radius 1 is 1.59 bits per heavy atom. The number of hydrogen-bond acceptors (Lipinski definition) is 3. The first-order chi connectivity index (χ1) is 8.08. The zero-order chi connectivity index (χ0) is 12.4. The summed E-state index contributed by atoms with van der Waals surface area (Å²) in [5.41, 5.74) is 2.27. The lowest BCUT2D eigenvalue weighted by atomic mass is 10.2. The molecule has 5 heteroatoms. The minimum absolute atomic E-state index is 0.410. The summed E-state index contributed by atoms with van der Waals surface area (Å²) in [4.78, 5) is 2.30. The largest absolute Gasteiger partial charge is 0.377 e. The molecule has 2 rings (SSSR count). The van der Waals surface area contributed by atoms with E-state index >= 15 is 0 Å². The maximum atomic E-state index is 5.65. The molecule has 1 aliphatic rings. The van der Waals surface area contributed by atoms with Crippen LogP contribution in [-0.4, -0.2) is 41.0 Å². The number of ether oxygens (including phenoxy) is 1. The molecule has 1 aliphatic heterocycles. The topological polar surface area (TPSA) is 30.3 Å². The summed E-state index contributed by atoms with van der Waals surface area (Å²) in [5, 5.41) is 4.41. The Kier molecular flexibility index (Phi) is 4.22. The maximum Gasteiger partial charge on any atom is 0.0739 e. The van der Waals surface area contributed by atoms with Gasteiger partial charge in [0.2, 0.25) is 0 Å². The number of rotatable bonds is 4. The molecule has 96 valence electrons. The van der Waals surface area contributed by atoms with Gasteiger partial charge in [0.25, 0.3) is 0 Å². The van der Waals surface area contributed by atoms with Crippen molar-refractivity contribution in [2.75, 3.05) is 20.2 Å². The zero-order valence-corrected chi connectivity index (χ0v) is 12.3. The van der Waals surface area contributed by atoms with E-state index in [0.29, 0.717) is 6.10 Å². The summed E-state index contributed by atoms with van der Waals surface area (Å²) in [7, 11) is 4.13. The summed E-state index contributed by atoms with van der Waals surface area (Å²) in [6, 6.07) is 0. The summed E-state index contributed by atoms with van der Waals surface area (Å²) < 4.78 is 8.73. The fourth-order valence-corrected chi connectivity index (χ4v) is 2.77. The molecule has 0 amide bonds. The van der Waals surface area contributed by atoms with Gasteiger partial charge in [-0.3, -0.25) is 9.58 Å². The first-order valence-electron chi connectivity index (χ1n) is 6.06. The van der Waals surface area contributed by atoms with Crippen LogP contribution >= 0.6 is 15.9 Å². The number of aromatic nitrogens is 2. The molecule has 17 heavy (non-hydrogen) atoms. The third-order valence-corrected chi connectivity index (χ3v) is 4.25. The Morgan fingerprint density at radius 2 is 2.35 bits per heavy atom. The number of likely N-dealkylation sites (N-methyl/N-ethyl adjacent to an activating group) is 1. The highest BCUT2D eigenvalue weighted by Gasteiger charge is 2.19. The van der Waals surface area contributed by atoms with Crippen molar-refractivity contribution >= 4 is 15.9 Å². The Hall–Kier alpha value is -0.390. The first kappa shape index (κ1) is 13.1. The Bertz CT molecular complexity index is 385. The van der Waals surface area contributed by atoms with Crippen molar-refractivity contribution in [3.05, 3.63) is 15.9 Å². The van der Waals surface area contributed by atoms with E-state index in [1.54, 1.807) is 0 Å². The second kappa shape index (κ2) is 5.50. The number of nitrogens with zero attached hydrogens (tertiary/aromatic N) is 3. The molecule has 0 aliphatic carbocycles. The minimum Gasteiger partial charge on any atom is -0.377 e. The first-order valence-corrected chi connectivity index (χ1v) is 6.85. The monoisotopic (exact) mass is 301 g/mol. The maximum absolute atomic E-state index is 5.65. The van der Waals surface area contributed by atoms with Crippen LogP contribution < -0.4 is 0 Å². The summed E-state index contributed by atoms with van der Waals surface area (Å²) >= 11 is 3.60. The van der Waals surface area contributed by atoms with Gasteiger partial charge in [-0.15, -0.1) is 0 Å². The van der Waals surface area contributed by atoms with Gasteiger partial charge in [-0.1, -0.05) is 0 Å². The van der Waals surface area contributed by atoms with Crippen LogP contribution in [0.2, 0.25) is 0 Å². The third kappa shape index (κ3) is 3.09. The number of hydrogen-bond donors (Lipinski definition) is 0.